The van der Waals surface area contributed by atoms with Crippen LogP contribution in [-0.2, 0) is 4.79 Å². The molecule has 0 fully saturated rings. The predicted octanol–water partition coefficient (Wildman–Crippen LogP) is 1.86. The predicted molar refractivity (Wildman–Crippen MR) is 72.0 cm³/mol. The minimum Gasteiger partial charge on any atom is -0.398 e. The highest BCUT2D eigenvalue weighted by atomic mass is 16.2. The lowest BCUT2D eigenvalue weighted by Gasteiger charge is -2.17. The number of anilines is 2. The van der Waals surface area contributed by atoms with Gasteiger partial charge in [0.1, 0.15) is 0 Å². The molecule has 0 bridgehead atoms. The molecule has 1 rings (SSSR count). The van der Waals surface area contributed by atoms with Crippen molar-refractivity contribution in [1.29, 1.82) is 0 Å². The molecule has 94 valence electrons. The highest BCUT2D eigenvalue weighted by Gasteiger charge is 2.07. The van der Waals surface area contributed by atoms with Crippen molar-refractivity contribution >= 4 is 17.3 Å². The first-order chi connectivity index (χ1) is 8.06. The Morgan fingerprint density at radius 2 is 2.00 bits per heavy atom. The molecule has 4 nitrogen and oxygen atoms in total. The maximum Gasteiger partial charge on any atom is 0.238 e. The summed E-state index contributed by atoms with van der Waals surface area (Å²) < 4.78 is 0. The van der Waals surface area contributed by atoms with Crippen LogP contribution in [0, 0.1) is 6.92 Å². The number of nitrogens with one attached hydrogen (secondary N) is 1. The van der Waals surface area contributed by atoms with E-state index in [9.17, 15) is 4.79 Å². The lowest BCUT2D eigenvalue weighted by Crippen LogP contribution is -2.32. The van der Waals surface area contributed by atoms with Crippen molar-refractivity contribution in [3.8, 4) is 0 Å². The standard InChI is InChI=1S/C13H21N3O/c1-4-16(5-2)9-13(17)15-11-7-6-10(3)12(14)8-11/h6-8H,4-5,9,14H2,1-3H3,(H,15,17). The van der Waals surface area contributed by atoms with Crippen LogP contribution in [0.15, 0.2) is 18.2 Å². The molecule has 1 aromatic rings. The summed E-state index contributed by atoms with van der Waals surface area (Å²) in [6.07, 6.45) is 0. The average Bonchev–Trinajstić information content (AvgIpc) is 2.31. The van der Waals surface area contributed by atoms with Gasteiger partial charge in [-0.05, 0) is 37.7 Å². The first-order valence-corrected chi connectivity index (χ1v) is 5.95. The number of nitrogen functional groups attached to an aromatic ring is 1. The largest absolute Gasteiger partial charge is 0.398 e. The molecule has 1 aromatic carbocycles. The lowest BCUT2D eigenvalue weighted by molar-refractivity contribution is -0.117. The summed E-state index contributed by atoms with van der Waals surface area (Å²) in [5.41, 5.74) is 8.26. The van der Waals surface area contributed by atoms with Crippen LogP contribution >= 0.6 is 0 Å². The highest BCUT2D eigenvalue weighted by molar-refractivity contribution is 5.92. The summed E-state index contributed by atoms with van der Waals surface area (Å²) in [6, 6.07) is 5.56. The molecule has 0 aliphatic heterocycles. The summed E-state index contributed by atoms with van der Waals surface area (Å²) >= 11 is 0. The number of nitrogens with zero attached hydrogens (tertiary/aromatic N) is 1. The van der Waals surface area contributed by atoms with Crippen LogP contribution in [0.3, 0.4) is 0 Å². The minimum absolute atomic E-state index is 0.00282. The second kappa shape index (κ2) is 6.25. The SMILES string of the molecule is CCN(CC)CC(=O)Nc1ccc(C)c(N)c1. The van der Waals surface area contributed by atoms with E-state index in [2.05, 4.69) is 10.2 Å². The van der Waals surface area contributed by atoms with Gasteiger partial charge in [-0.25, -0.2) is 0 Å². The number of carbonyl (C=O) groups is 1. The zero-order valence-electron chi connectivity index (χ0n) is 10.8. The van der Waals surface area contributed by atoms with Gasteiger partial charge >= 0.3 is 0 Å². The van der Waals surface area contributed by atoms with Crippen molar-refractivity contribution in [2.45, 2.75) is 20.8 Å². The maximum absolute atomic E-state index is 11.7. The number of rotatable bonds is 5. The normalized spacial score (nSPS) is 10.6. The number of likely N-dealkylation sites (N-methyl/N-ethyl adjacent to an activating group) is 1. The molecule has 4 heteroatoms. The third-order valence-corrected chi connectivity index (χ3v) is 2.82. The Balaban J connectivity index is 2.58. The Labute approximate surface area is 103 Å². The number of benzene rings is 1. The van der Waals surface area contributed by atoms with Crippen molar-refractivity contribution in [1.82, 2.24) is 4.90 Å². The van der Waals surface area contributed by atoms with E-state index in [0.717, 1.165) is 24.3 Å². The van der Waals surface area contributed by atoms with Crippen LogP contribution in [-0.4, -0.2) is 30.4 Å². The third kappa shape index (κ3) is 4.07. The number of nitrogens with two attached hydrogens (primary N) is 1. The van der Waals surface area contributed by atoms with Crippen molar-refractivity contribution < 1.29 is 4.79 Å². The monoisotopic (exact) mass is 235 g/mol. The molecular formula is C13H21N3O. The first-order valence-electron chi connectivity index (χ1n) is 5.95. The topological polar surface area (TPSA) is 58.4 Å². The highest BCUT2D eigenvalue weighted by Crippen LogP contribution is 2.16. The fraction of sp³-hybridized carbons (Fsp3) is 0.462. The summed E-state index contributed by atoms with van der Waals surface area (Å²) in [5.74, 6) is -0.00282. The molecule has 0 saturated carbocycles. The Morgan fingerprint density at radius 3 is 2.53 bits per heavy atom. The van der Waals surface area contributed by atoms with Crippen LogP contribution in [0.5, 0.6) is 0 Å². The van der Waals surface area contributed by atoms with Gasteiger partial charge in [-0.1, -0.05) is 19.9 Å². The molecule has 17 heavy (non-hydrogen) atoms. The Bertz CT molecular complexity index is 386. The molecule has 0 radical (unpaired) electrons. The first kappa shape index (κ1) is 13.5. The van der Waals surface area contributed by atoms with E-state index in [4.69, 9.17) is 5.73 Å². The molecule has 0 atom stereocenters. The zero-order chi connectivity index (χ0) is 12.8. The fourth-order valence-corrected chi connectivity index (χ4v) is 1.57. The van der Waals surface area contributed by atoms with Crippen molar-refractivity contribution in [2.75, 3.05) is 30.7 Å². The van der Waals surface area contributed by atoms with Gasteiger partial charge in [0.25, 0.3) is 0 Å². The molecule has 0 aliphatic rings. The Hall–Kier alpha value is -1.55. The van der Waals surface area contributed by atoms with Crippen LogP contribution in [0.25, 0.3) is 0 Å². The molecule has 1 amide bonds. The van der Waals surface area contributed by atoms with Gasteiger partial charge in [-0.3, -0.25) is 9.69 Å². The minimum atomic E-state index is -0.00282. The maximum atomic E-state index is 11.7. The van der Waals surface area contributed by atoms with Gasteiger partial charge in [-0.2, -0.15) is 0 Å². The lowest BCUT2D eigenvalue weighted by atomic mass is 10.2. The Kier molecular flexibility index (Phi) is 4.97. The molecule has 0 unspecified atom stereocenters. The van der Waals surface area contributed by atoms with Crippen molar-refractivity contribution in [2.24, 2.45) is 0 Å². The van der Waals surface area contributed by atoms with Gasteiger partial charge in [-0.15, -0.1) is 0 Å². The van der Waals surface area contributed by atoms with Gasteiger partial charge in [0, 0.05) is 11.4 Å². The fourth-order valence-electron chi connectivity index (χ4n) is 1.57. The van der Waals surface area contributed by atoms with Crippen molar-refractivity contribution in [3.05, 3.63) is 23.8 Å². The number of amides is 1. The Morgan fingerprint density at radius 1 is 1.35 bits per heavy atom. The van der Waals surface area contributed by atoms with Gasteiger partial charge < -0.3 is 11.1 Å². The van der Waals surface area contributed by atoms with E-state index >= 15 is 0 Å². The van der Waals surface area contributed by atoms with E-state index in [0.29, 0.717) is 12.2 Å². The second-order valence-electron chi connectivity index (χ2n) is 4.08. The van der Waals surface area contributed by atoms with Crippen LogP contribution in [0.4, 0.5) is 11.4 Å². The van der Waals surface area contributed by atoms with Gasteiger partial charge in [0.05, 0.1) is 6.54 Å². The second-order valence-corrected chi connectivity index (χ2v) is 4.08. The van der Waals surface area contributed by atoms with Crippen molar-refractivity contribution in [3.63, 3.8) is 0 Å². The van der Waals surface area contributed by atoms with E-state index in [1.165, 1.54) is 0 Å². The molecule has 0 heterocycles. The number of hydrogen-bond donors (Lipinski definition) is 2. The molecule has 0 saturated heterocycles. The smallest absolute Gasteiger partial charge is 0.238 e. The van der Waals surface area contributed by atoms with Crippen LogP contribution in [0.2, 0.25) is 0 Å². The van der Waals surface area contributed by atoms with E-state index in [1.807, 2.05) is 32.9 Å². The number of hydrogen-bond acceptors (Lipinski definition) is 3. The van der Waals surface area contributed by atoms with Crippen LogP contribution in [0.1, 0.15) is 19.4 Å². The molecule has 0 aromatic heterocycles. The van der Waals surface area contributed by atoms with E-state index in [-0.39, 0.29) is 5.91 Å². The molecule has 0 spiro atoms. The van der Waals surface area contributed by atoms with E-state index < -0.39 is 0 Å². The summed E-state index contributed by atoms with van der Waals surface area (Å²) in [6.45, 7) is 8.19. The third-order valence-electron chi connectivity index (χ3n) is 2.82. The molecule has 3 N–H and O–H groups in total. The van der Waals surface area contributed by atoms with E-state index in [1.54, 1.807) is 6.07 Å². The average molecular weight is 235 g/mol. The molecular weight excluding hydrogens is 214 g/mol. The summed E-state index contributed by atoms with van der Waals surface area (Å²) in [5, 5.41) is 2.85. The van der Waals surface area contributed by atoms with Crippen LogP contribution < -0.4 is 11.1 Å². The quantitative estimate of drug-likeness (QED) is 0.766. The summed E-state index contributed by atoms with van der Waals surface area (Å²) in [7, 11) is 0. The summed E-state index contributed by atoms with van der Waals surface area (Å²) in [4.78, 5) is 13.8. The zero-order valence-corrected chi connectivity index (χ0v) is 10.8. The number of aryl methyl sites for hydroxylation is 1. The van der Waals surface area contributed by atoms with Gasteiger partial charge in [0.2, 0.25) is 5.91 Å². The number of carbonyl (C=O) groups excluding carboxylic acids is 1. The van der Waals surface area contributed by atoms with Gasteiger partial charge in [0.15, 0.2) is 0 Å². The molecule has 0 aliphatic carbocycles.